The summed E-state index contributed by atoms with van der Waals surface area (Å²) in [7, 11) is 3.40. The zero-order valence-corrected chi connectivity index (χ0v) is 11.9. The van der Waals surface area contributed by atoms with E-state index in [4.69, 9.17) is 16.3 Å². The number of aromatic carboxylic acids is 1. The Balaban J connectivity index is 2.41. The summed E-state index contributed by atoms with van der Waals surface area (Å²) in [5, 5.41) is 9.66. The molecule has 5 heteroatoms. The first-order valence-electron chi connectivity index (χ1n) is 5.93. The molecule has 0 aliphatic rings. The van der Waals surface area contributed by atoms with E-state index in [9.17, 15) is 9.90 Å². The molecule has 0 aliphatic heterocycles. The van der Waals surface area contributed by atoms with Gasteiger partial charge in [-0.3, -0.25) is 0 Å². The van der Waals surface area contributed by atoms with Gasteiger partial charge in [0.05, 0.1) is 18.4 Å². The van der Waals surface area contributed by atoms with Crippen molar-refractivity contribution in [3.05, 3.63) is 53.1 Å². The highest BCUT2D eigenvalue weighted by atomic mass is 35.5. The lowest BCUT2D eigenvalue weighted by atomic mass is 10.1. The second-order valence-electron chi connectivity index (χ2n) is 4.22. The SMILES string of the molecule is COc1ccc(N(C)c2ccc(Cl)cc2C(=O)O)cc1. The van der Waals surface area contributed by atoms with Crippen LogP contribution in [-0.2, 0) is 0 Å². The fraction of sp³-hybridized carbons (Fsp3) is 0.133. The van der Waals surface area contributed by atoms with Crippen LogP contribution in [0.2, 0.25) is 5.02 Å². The van der Waals surface area contributed by atoms with E-state index < -0.39 is 5.97 Å². The number of benzene rings is 2. The van der Waals surface area contributed by atoms with E-state index in [1.165, 1.54) is 6.07 Å². The lowest BCUT2D eigenvalue weighted by molar-refractivity contribution is 0.0697. The van der Waals surface area contributed by atoms with Crippen molar-refractivity contribution in [1.29, 1.82) is 0 Å². The topological polar surface area (TPSA) is 49.8 Å². The van der Waals surface area contributed by atoms with Gasteiger partial charge in [-0.05, 0) is 42.5 Å². The van der Waals surface area contributed by atoms with E-state index in [1.54, 1.807) is 31.2 Å². The molecular formula is C15H14ClNO3. The Kier molecular flexibility index (Phi) is 4.15. The Morgan fingerprint density at radius 1 is 1.20 bits per heavy atom. The third-order valence-electron chi connectivity index (χ3n) is 3.01. The van der Waals surface area contributed by atoms with Crippen LogP contribution in [-0.4, -0.2) is 25.2 Å². The number of carbonyl (C=O) groups is 1. The van der Waals surface area contributed by atoms with Gasteiger partial charge < -0.3 is 14.7 Å². The van der Waals surface area contributed by atoms with Crippen molar-refractivity contribution >= 4 is 28.9 Å². The van der Waals surface area contributed by atoms with Crippen molar-refractivity contribution in [3.63, 3.8) is 0 Å². The van der Waals surface area contributed by atoms with E-state index in [1.807, 2.05) is 24.3 Å². The Labute approximate surface area is 122 Å². The molecule has 0 radical (unpaired) electrons. The van der Waals surface area contributed by atoms with Crippen LogP contribution in [0.5, 0.6) is 5.75 Å². The molecule has 0 spiro atoms. The molecule has 20 heavy (non-hydrogen) atoms. The van der Waals surface area contributed by atoms with Gasteiger partial charge in [0.15, 0.2) is 0 Å². The number of hydrogen-bond donors (Lipinski definition) is 1. The van der Waals surface area contributed by atoms with Gasteiger partial charge in [-0.15, -0.1) is 0 Å². The van der Waals surface area contributed by atoms with E-state index in [0.717, 1.165) is 11.4 Å². The molecule has 0 aromatic heterocycles. The van der Waals surface area contributed by atoms with Crippen molar-refractivity contribution in [1.82, 2.24) is 0 Å². The van der Waals surface area contributed by atoms with Gasteiger partial charge in [-0.2, -0.15) is 0 Å². The number of carboxylic acid groups (broad SMARTS) is 1. The van der Waals surface area contributed by atoms with E-state index in [0.29, 0.717) is 10.7 Å². The number of carboxylic acids is 1. The largest absolute Gasteiger partial charge is 0.497 e. The predicted octanol–water partition coefficient (Wildman–Crippen LogP) is 3.81. The number of hydrogen-bond acceptors (Lipinski definition) is 3. The van der Waals surface area contributed by atoms with Gasteiger partial charge >= 0.3 is 5.97 Å². The molecule has 0 saturated heterocycles. The second kappa shape index (κ2) is 5.84. The Morgan fingerprint density at radius 2 is 1.85 bits per heavy atom. The minimum Gasteiger partial charge on any atom is -0.497 e. The lowest BCUT2D eigenvalue weighted by Gasteiger charge is -2.21. The highest BCUT2D eigenvalue weighted by molar-refractivity contribution is 6.31. The number of halogens is 1. The van der Waals surface area contributed by atoms with Crippen LogP contribution in [0.4, 0.5) is 11.4 Å². The molecule has 0 atom stereocenters. The van der Waals surface area contributed by atoms with Gasteiger partial charge in [0.2, 0.25) is 0 Å². The highest BCUT2D eigenvalue weighted by Crippen LogP contribution is 2.30. The summed E-state index contributed by atoms with van der Waals surface area (Å²) in [6.07, 6.45) is 0. The Hall–Kier alpha value is -2.20. The molecule has 2 rings (SSSR count). The van der Waals surface area contributed by atoms with Gasteiger partial charge in [0.25, 0.3) is 0 Å². The number of rotatable bonds is 4. The zero-order valence-electron chi connectivity index (χ0n) is 11.1. The van der Waals surface area contributed by atoms with Crippen LogP contribution in [0, 0.1) is 0 Å². The lowest BCUT2D eigenvalue weighted by Crippen LogP contribution is -2.14. The fourth-order valence-electron chi connectivity index (χ4n) is 1.92. The van der Waals surface area contributed by atoms with Crippen molar-refractivity contribution in [3.8, 4) is 5.75 Å². The molecule has 2 aromatic carbocycles. The second-order valence-corrected chi connectivity index (χ2v) is 4.66. The minimum atomic E-state index is -1.01. The third kappa shape index (κ3) is 2.86. The fourth-order valence-corrected chi connectivity index (χ4v) is 2.09. The van der Waals surface area contributed by atoms with Gasteiger partial charge in [0.1, 0.15) is 5.75 Å². The minimum absolute atomic E-state index is 0.163. The predicted molar refractivity (Wildman–Crippen MR) is 79.5 cm³/mol. The molecular weight excluding hydrogens is 278 g/mol. The van der Waals surface area contributed by atoms with Crippen molar-refractivity contribution in [2.75, 3.05) is 19.1 Å². The molecule has 0 unspecified atom stereocenters. The molecule has 0 amide bonds. The first kappa shape index (κ1) is 14.2. The Bertz CT molecular complexity index is 626. The average Bonchev–Trinajstić information content (AvgIpc) is 2.46. The maximum atomic E-state index is 11.3. The molecule has 1 N–H and O–H groups in total. The number of ether oxygens (including phenoxy) is 1. The maximum Gasteiger partial charge on any atom is 0.337 e. The van der Waals surface area contributed by atoms with Crippen LogP contribution in [0.1, 0.15) is 10.4 Å². The summed E-state index contributed by atoms with van der Waals surface area (Å²) in [5.74, 6) is -0.264. The van der Waals surface area contributed by atoms with E-state index in [-0.39, 0.29) is 5.56 Å². The molecule has 0 bridgehead atoms. The highest BCUT2D eigenvalue weighted by Gasteiger charge is 2.15. The molecule has 2 aromatic rings. The third-order valence-corrected chi connectivity index (χ3v) is 3.25. The van der Waals surface area contributed by atoms with Gasteiger partial charge in [-0.1, -0.05) is 11.6 Å². The molecule has 104 valence electrons. The van der Waals surface area contributed by atoms with Crippen LogP contribution in [0.25, 0.3) is 0 Å². The zero-order chi connectivity index (χ0) is 14.7. The van der Waals surface area contributed by atoms with Crippen LogP contribution in [0.3, 0.4) is 0 Å². The standard InChI is InChI=1S/C15H14ClNO3/c1-17(11-4-6-12(20-2)7-5-11)14-8-3-10(16)9-13(14)15(18)19/h3-9H,1-2H3,(H,18,19). The normalized spacial score (nSPS) is 10.2. The van der Waals surface area contributed by atoms with E-state index >= 15 is 0 Å². The summed E-state index contributed by atoms with van der Waals surface area (Å²) >= 11 is 5.85. The molecule has 0 heterocycles. The number of anilines is 2. The van der Waals surface area contributed by atoms with Crippen LogP contribution in [0.15, 0.2) is 42.5 Å². The first-order chi connectivity index (χ1) is 9.52. The summed E-state index contributed by atoms with van der Waals surface area (Å²) in [5.41, 5.74) is 1.60. The van der Waals surface area contributed by atoms with E-state index in [2.05, 4.69) is 0 Å². The summed E-state index contributed by atoms with van der Waals surface area (Å²) < 4.78 is 5.10. The molecule has 0 saturated carbocycles. The molecule has 0 aliphatic carbocycles. The van der Waals surface area contributed by atoms with Gasteiger partial charge in [0, 0.05) is 17.8 Å². The molecule has 0 fully saturated rings. The maximum absolute atomic E-state index is 11.3. The van der Waals surface area contributed by atoms with Crippen LogP contribution < -0.4 is 9.64 Å². The monoisotopic (exact) mass is 291 g/mol. The van der Waals surface area contributed by atoms with Crippen molar-refractivity contribution in [2.24, 2.45) is 0 Å². The van der Waals surface area contributed by atoms with Gasteiger partial charge in [-0.25, -0.2) is 4.79 Å². The average molecular weight is 292 g/mol. The molecule has 4 nitrogen and oxygen atoms in total. The number of nitrogens with zero attached hydrogens (tertiary/aromatic N) is 1. The summed E-state index contributed by atoms with van der Waals surface area (Å²) in [6.45, 7) is 0. The quantitative estimate of drug-likeness (QED) is 0.930. The smallest absolute Gasteiger partial charge is 0.337 e. The summed E-state index contributed by atoms with van der Waals surface area (Å²) in [6, 6.07) is 12.2. The number of methoxy groups -OCH3 is 1. The van der Waals surface area contributed by atoms with Crippen molar-refractivity contribution < 1.29 is 14.6 Å². The van der Waals surface area contributed by atoms with Crippen LogP contribution >= 0.6 is 11.6 Å². The Morgan fingerprint density at radius 3 is 2.40 bits per heavy atom. The first-order valence-corrected chi connectivity index (χ1v) is 6.31. The summed E-state index contributed by atoms with van der Waals surface area (Å²) in [4.78, 5) is 13.1. The van der Waals surface area contributed by atoms with Crippen molar-refractivity contribution in [2.45, 2.75) is 0 Å².